The number of methoxy groups -OCH3 is 1. The molecule has 1 aliphatic heterocycles. The molecule has 22 heavy (non-hydrogen) atoms. The summed E-state index contributed by atoms with van der Waals surface area (Å²) < 4.78 is 30.3. The Hall–Kier alpha value is -0.750. The van der Waals surface area contributed by atoms with Crippen molar-refractivity contribution in [2.24, 2.45) is 11.7 Å². The number of likely N-dealkylation sites (tertiary alicyclic amines) is 1. The predicted octanol–water partition coefficient (Wildman–Crippen LogP) is 3.30. The van der Waals surface area contributed by atoms with E-state index in [1.54, 1.807) is 12.0 Å². The fraction of sp³-hybridized carbons (Fsp3) is 0.938. The van der Waals surface area contributed by atoms with E-state index in [-0.39, 0.29) is 31.8 Å². The van der Waals surface area contributed by atoms with Gasteiger partial charge in [-0.25, -0.2) is 8.78 Å². The summed E-state index contributed by atoms with van der Waals surface area (Å²) in [5.41, 5.74) is 4.50. The number of piperidine rings is 1. The predicted molar refractivity (Wildman–Crippen MR) is 87.1 cm³/mol. The lowest BCUT2D eigenvalue weighted by molar-refractivity contribution is -0.137. The van der Waals surface area contributed by atoms with Crippen LogP contribution in [-0.4, -0.2) is 50.6 Å². The zero-order valence-electron chi connectivity index (χ0n) is 14.8. The van der Waals surface area contributed by atoms with Crippen LogP contribution in [0.4, 0.5) is 8.78 Å². The van der Waals surface area contributed by atoms with Gasteiger partial charge in [0.1, 0.15) is 0 Å². The van der Waals surface area contributed by atoms with Gasteiger partial charge in [0.05, 0.1) is 0 Å². The van der Waals surface area contributed by atoms with Crippen molar-refractivity contribution in [3.8, 4) is 0 Å². The van der Waals surface area contributed by atoms with Crippen molar-refractivity contribution < 1.29 is 18.3 Å². The Morgan fingerprint density at radius 3 is 2.09 bits per heavy atom. The topological polar surface area (TPSA) is 55.6 Å². The summed E-state index contributed by atoms with van der Waals surface area (Å²) in [6.07, 6.45) is 2.12. The number of carbonyl (C=O) groups excluding carboxylic acids is 1. The fourth-order valence-corrected chi connectivity index (χ4v) is 1.86. The molecular weight excluding hydrogens is 290 g/mol. The van der Waals surface area contributed by atoms with Crippen LogP contribution in [0.1, 0.15) is 52.9 Å². The van der Waals surface area contributed by atoms with Crippen molar-refractivity contribution in [3.05, 3.63) is 0 Å². The molecule has 2 N–H and O–H groups in total. The van der Waals surface area contributed by atoms with E-state index in [0.29, 0.717) is 6.42 Å². The molecule has 1 saturated heterocycles. The molecule has 1 heterocycles. The van der Waals surface area contributed by atoms with Crippen LogP contribution in [0.3, 0.4) is 0 Å². The number of carbonyl (C=O) groups is 1. The summed E-state index contributed by atoms with van der Waals surface area (Å²) in [6, 6.07) is 0. The van der Waals surface area contributed by atoms with E-state index >= 15 is 0 Å². The number of amides is 1. The maximum atomic E-state index is 12.7. The molecule has 1 amide bonds. The van der Waals surface area contributed by atoms with Crippen LogP contribution < -0.4 is 5.73 Å². The minimum Gasteiger partial charge on any atom is -0.384 e. The normalized spacial score (nSPS) is 17.5. The molecule has 1 unspecified atom stereocenters. The van der Waals surface area contributed by atoms with Crippen LogP contribution >= 0.6 is 0 Å². The average molecular weight is 324 g/mol. The van der Waals surface area contributed by atoms with Crippen molar-refractivity contribution in [2.75, 3.05) is 33.9 Å². The van der Waals surface area contributed by atoms with E-state index in [0.717, 1.165) is 18.9 Å². The van der Waals surface area contributed by atoms with Crippen molar-refractivity contribution in [1.29, 1.82) is 0 Å². The van der Waals surface area contributed by atoms with E-state index in [2.05, 4.69) is 19.6 Å². The van der Waals surface area contributed by atoms with Gasteiger partial charge in [-0.2, -0.15) is 0 Å². The molecule has 1 aliphatic rings. The Bertz CT molecular complexity index is 267. The van der Waals surface area contributed by atoms with Crippen LogP contribution in [0.15, 0.2) is 0 Å². The van der Waals surface area contributed by atoms with Gasteiger partial charge in [0, 0.05) is 46.1 Å². The Labute approximate surface area is 134 Å². The average Bonchev–Trinajstić information content (AvgIpc) is 2.50. The number of alkyl halides is 2. The highest BCUT2D eigenvalue weighted by Crippen LogP contribution is 2.27. The van der Waals surface area contributed by atoms with Gasteiger partial charge in [0.15, 0.2) is 0 Å². The fourth-order valence-electron chi connectivity index (χ4n) is 1.86. The monoisotopic (exact) mass is 324 g/mol. The Balaban J connectivity index is 0. The first-order valence-corrected chi connectivity index (χ1v) is 8.08. The van der Waals surface area contributed by atoms with Gasteiger partial charge in [0.2, 0.25) is 5.91 Å². The first-order valence-electron chi connectivity index (χ1n) is 8.08. The number of nitrogens with two attached hydrogens (primary N) is 1. The molecule has 0 aliphatic carbocycles. The molecule has 1 atom stereocenters. The summed E-state index contributed by atoms with van der Waals surface area (Å²) in [5, 5.41) is 0. The van der Waals surface area contributed by atoms with Crippen molar-refractivity contribution in [2.45, 2.75) is 58.8 Å². The third-order valence-corrected chi connectivity index (χ3v) is 3.46. The lowest BCUT2D eigenvalue weighted by atomic mass is 10.1. The zero-order valence-corrected chi connectivity index (χ0v) is 14.8. The molecular formula is C16H34F2N2O2. The molecule has 134 valence electrons. The summed E-state index contributed by atoms with van der Waals surface area (Å²) in [6.45, 7) is 7.60. The lowest BCUT2D eigenvalue weighted by Gasteiger charge is -2.31. The van der Waals surface area contributed by atoms with Crippen molar-refractivity contribution >= 4 is 5.91 Å². The lowest BCUT2D eigenvalue weighted by Crippen LogP contribution is -2.42. The van der Waals surface area contributed by atoms with E-state index in [1.165, 1.54) is 13.5 Å². The highest BCUT2D eigenvalue weighted by Gasteiger charge is 2.35. The first kappa shape index (κ1) is 23.5. The first-order chi connectivity index (χ1) is 10.4. The minimum atomic E-state index is -2.55. The SMILES string of the molecule is CCC(C)COC.CCCC(=O)N1CCC(F)(F)CC1.CN. The number of ether oxygens (including phenoxy) is 1. The van der Waals surface area contributed by atoms with E-state index in [9.17, 15) is 13.6 Å². The third-order valence-electron chi connectivity index (χ3n) is 3.46. The molecule has 0 aromatic carbocycles. The molecule has 0 spiro atoms. The minimum absolute atomic E-state index is 0.0120. The second-order valence-electron chi connectivity index (χ2n) is 5.46. The smallest absolute Gasteiger partial charge is 0.251 e. The van der Waals surface area contributed by atoms with Gasteiger partial charge in [0.25, 0.3) is 5.92 Å². The van der Waals surface area contributed by atoms with Crippen LogP contribution in [0, 0.1) is 5.92 Å². The number of rotatable bonds is 5. The Kier molecular flexibility index (Phi) is 14.8. The van der Waals surface area contributed by atoms with Crippen LogP contribution in [-0.2, 0) is 9.53 Å². The Morgan fingerprint density at radius 1 is 1.27 bits per heavy atom. The van der Waals surface area contributed by atoms with Crippen molar-refractivity contribution in [1.82, 2.24) is 4.90 Å². The maximum absolute atomic E-state index is 12.7. The number of halogens is 2. The second kappa shape index (κ2) is 13.9. The summed E-state index contributed by atoms with van der Waals surface area (Å²) >= 11 is 0. The zero-order chi connectivity index (χ0) is 17.6. The third kappa shape index (κ3) is 11.9. The van der Waals surface area contributed by atoms with E-state index in [1.807, 2.05) is 6.92 Å². The molecule has 4 nitrogen and oxygen atoms in total. The largest absolute Gasteiger partial charge is 0.384 e. The van der Waals surface area contributed by atoms with Crippen LogP contribution in [0.2, 0.25) is 0 Å². The van der Waals surface area contributed by atoms with Gasteiger partial charge in [-0.1, -0.05) is 27.2 Å². The Morgan fingerprint density at radius 2 is 1.77 bits per heavy atom. The van der Waals surface area contributed by atoms with E-state index < -0.39 is 5.92 Å². The molecule has 1 fully saturated rings. The van der Waals surface area contributed by atoms with Gasteiger partial charge in [-0.15, -0.1) is 0 Å². The van der Waals surface area contributed by atoms with Gasteiger partial charge >= 0.3 is 0 Å². The molecule has 0 bridgehead atoms. The summed E-state index contributed by atoms with van der Waals surface area (Å²) in [4.78, 5) is 12.8. The van der Waals surface area contributed by atoms with Crippen molar-refractivity contribution in [3.63, 3.8) is 0 Å². The number of nitrogens with zero attached hydrogens (tertiary/aromatic N) is 1. The van der Waals surface area contributed by atoms with Crippen LogP contribution in [0.25, 0.3) is 0 Å². The molecule has 0 aromatic rings. The standard InChI is InChI=1S/C9H15F2NO.C6H14O.CH5N/c1-2-3-8(13)12-6-4-9(10,11)5-7-12;1-4-6(2)5-7-3;1-2/h2-7H2,1H3;6H,4-5H2,1-3H3;2H2,1H3. The molecule has 0 radical (unpaired) electrons. The molecule has 0 saturated carbocycles. The van der Waals surface area contributed by atoms with Crippen LogP contribution in [0.5, 0.6) is 0 Å². The van der Waals surface area contributed by atoms with Gasteiger partial charge in [-0.05, 0) is 19.4 Å². The molecule has 1 rings (SSSR count). The van der Waals surface area contributed by atoms with Gasteiger partial charge < -0.3 is 15.4 Å². The highest BCUT2D eigenvalue weighted by atomic mass is 19.3. The van der Waals surface area contributed by atoms with E-state index in [4.69, 9.17) is 4.74 Å². The maximum Gasteiger partial charge on any atom is 0.251 e. The summed E-state index contributed by atoms with van der Waals surface area (Å²) in [5.74, 6) is -1.81. The summed E-state index contributed by atoms with van der Waals surface area (Å²) in [7, 11) is 3.24. The quantitative estimate of drug-likeness (QED) is 0.844. The molecule has 0 aromatic heterocycles. The second-order valence-corrected chi connectivity index (χ2v) is 5.46. The number of hydrogen-bond donors (Lipinski definition) is 1. The molecule has 6 heteroatoms. The number of hydrogen-bond acceptors (Lipinski definition) is 3. The highest BCUT2D eigenvalue weighted by molar-refractivity contribution is 5.76. The van der Waals surface area contributed by atoms with Gasteiger partial charge in [-0.3, -0.25) is 4.79 Å².